The molecule has 0 unspecified atom stereocenters. The third kappa shape index (κ3) is 5.06. The van der Waals surface area contributed by atoms with Gasteiger partial charge in [0, 0.05) is 46.4 Å². The molecule has 3 heterocycles. The molecular formula is C18H29N5O4. The van der Waals surface area contributed by atoms with Gasteiger partial charge < -0.3 is 24.7 Å². The number of imidazole rings is 1. The van der Waals surface area contributed by atoms with E-state index in [4.69, 9.17) is 9.47 Å². The molecule has 2 aliphatic heterocycles. The van der Waals surface area contributed by atoms with Gasteiger partial charge in [-0.3, -0.25) is 14.5 Å². The molecule has 0 aliphatic carbocycles. The molecule has 27 heavy (non-hydrogen) atoms. The first-order valence-electron chi connectivity index (χ1n) is 9.65. The van der Waals surface area contributed by atoms with Crippen molar-refractivity contribution in [1.82, 2.24) is 25.1 Å². The second-order valence-corrected chi connectivity index (χ2v) is 6.80. The number of fused-ring (bicyclic) bond motifs is 1. The lowest BCUT2D eigenvalue weighted by molar-refractivity contribution is 0.0383. The van der Waals surface area contributed by atoms with E-state index in [-0.39, 0.29) is 11.8 Å². The summed E-state index contributed by atoms with van der Waals surface area (Å²) in [6.07, 6.45) is 2.76. The molecule has 1 aromatic rings. The molecule has 2 amide bonds. The van der Waals surface area contributed by atoms with Crippen LogP contribution in [0.15, 0.2) is 0 Å². The molecule has 9 nitrogen and oxygen atoms in total. The van der Waals surface area contributed by atoms with Crippen molar-refractivity contribution in [1.29, 1.82) is 0 Å². The molecule has 0 radical (unpaired) electrons. The molecule has 2 N–H and O–H groups in total. The number of morpholine rings is 1. The Morgan fingerprint density at radius 2 is 1.89 bits per heavy atom. The van der Waals surface area contributed by atoms with Crippen LogP contribution < -0.4 is 10.6 Å². The number of rotatable bonds is 8. The standard InChI is InChI=1S/C18H29N5O4/c1-26-11-6-20-17(24)15-14-4-2-3-7-23(14)16(21-15)18(25)19-5-8-22-9-12-27-13-10-22/h2-13H2,1H3,(H,19,25)(H,20,24). The average molecular weight is 379 g/mol. The Balaban J connectivity index is 1.63. The number of nitrogens with one attached hydrogen (secondary N) is 2. The van der Waals surface area contributed by atoms with Crippen LogP contribution in [0.2, 0.25) is 0 Å². The maximum Gasteiger partial charge on any atom is 0.287 e. The Bertz CT molecular complexity index is 654. The molecule has 2 aliphatic rings. The van der Waals surface area contributed by atoms with Crippen LogP contribution in [0.5, 0.6) is 0 Å². The number of hydrogen-bond donors (Lipinski definition) is 2. The molecule has 0 bridgehead atoms. The predicted molar refractivity (Wildman–Crippen MR) is 99.0 cm³/mol. The molecule has 3 rings (SSSR count). The molecule has 0 saturated carbocycles. The van der Waals surface area contributed by atoms with Crippen molar-refractivity contribution in [3.8, 4) is 0 Å². The second-order valence-electron chi connectivity index (χ2n) is 6.80. The third-order valence-electron chi connectivity index (χ3n) is 4.95. The lowest BCUT2D eigenvalue weighted by atomic mass is 10.1. The summed E-state index contributed by atoms with van der Waals surface area (Å²) < 4.78 is 12.2. The molecular weight excluding hydrogens is 350 g/mol. The van der Waals surface area contributed by atoms with E-state index >= 15 is 0 Å². The topological polar surface area (TPSA) is 97.7 Å². The fraction of sp³-hybridized carbons (Fsp3) is 0.722. The summed E-state index contributed by atoms with van der Waals surface area (Å²) in [6.45, 7) is 6.18. The van der Waals surface area contributed by atoms with Crippen LogP contribution in [0.4, 0.5) is 0 Å². The number of carbonyl (C=O) groups is 2. The van der Waals surface area contributed by atoms with Crippen molar-refractivity contribution in [2.45, 2.75) is 25.8 Å². The van der Waals surface area contributed by atoms with E-state index in [2.05, 4.69) is 20.5 Å². The van der Waals surface area contributed by atoms with Gasteiger partial charge in [0.2, 0.25) is 0 Å². The van der Waals surface area contributed by atoms with Crippen molar-refractivity contribution in [2.24, 2.45) is 0 Å². The molecule has 0 aromatic carbocycles. The normalized spacial score (nSPS) is 17.4. The molecule has 1 fully saturated rings. The number of carbonyl (C=O) groups excluding carboxylic acids is 2. The number of ether oxygens (including phenoxy) is 2. The summed E-state index contributed by atoms with van der Waals surface area (Å²) >= 11 is 0. The first kappa shape index (κ1) is 19.8. The van der Waals surface area contributed by atoms with Crippen LogP contribution in [0, 0.1) is 0 Å². The smallest absolute Gasteiger partial charge is 0.287 e. The van der Waals surface area contributed by atoms with Gasteiger partial charge in [-0.25, -0.2) is 4.98 Å². The highest BCUT2D eigenvalue weighted by atomic mass is 16.5. The maximum atomic E-state index is 12.7. The Hall–Kier alpha value is -1.97. The van der Waals surface area contributed by atoms with Crippen molar-refractivity contribution in [3.63, 3.8) is 0 Å². The van der Waals surface area contributed by atoms with Crippen molar-refractivity contribution >= 4 is 11.8 Å². The molecule has 1 aromatic heterocycles. The molecule has 0 spiro atoms. The quantitative estimate of drug-likeness (QED) is 0.600. The summed E-state index contributed by atoms with van der Waals surface area (Å²) in [6, 6.07) is 0. The highest BCUT2D eigenvalue weighted by molar-refractivity contribution is 5.97. The molecule has 0 atom stereocenters. The summed E-state index contributed by atoms with van der Waals surface area (Å²) in [5.74, 6) is -0.129. The van der Waals surface area contributed by atoms with Gasteiger partial charge in [0.15, 0.2) is 5.82 Å². The van der Waals surface area contributed by atoms with Gasteiger partial charge in [0.1, 0.15) is 5.69 Å². The monoisotopic (exact) mass is 379 g/mol. The molecule has 9 heteroatoms. The van der Waals surface area contributed by atoms with Gasteiger partial charge in [0.05, 0.1) is 25.5 Å². The number of nitrogens with zero attached hydrogens (tertiary/aromatic N) is 3. The summed E-state index contributed by atoms with van der Waals surface area (Å²) in [7, 11) is 1.59. The SMILES string of the molecule is COCCNC(=O)c1nc(C(=O)NCCN2CCOCC2)n2c1CCCC2. The van der Waals surface area contributed by atoms with E-state index in [9.17, 15) is 9.59 Å². The molecule has 150 valence electrons. The Morgan fingerprint density at radius 3 is 2.67 bits per heavy atom. The second kappa shape index (κ2) is 9.82. The fourth-order valence-electron chi connectivity index (χ4n) is 3.48. The van der Waals surface area contributed by atoms with E-state index < -0.39 is 0 Å². The van der Waals surface area contributed by atoms with Gasteiger partial charge in [-0.1, -0.05) is 0 Å². The zero-order valence-electron chi connectivity index (χ0n) is 16.0. The lowest BCUT2D eigenvalue weighted by Gasteiger charge is -2.26. The Labute approximate surface area is 159 Å². The van der Waals surface area contributed by atoms with Gasteiger partial charge in [-0.2, -0.15) is 0 Å². The van der Waals surface area contributed by atoms with Crippen LogP contribution in [0.3, 0.4) is 0 Å². The van der Waals surface area contributed by atoms with Crippen molar-refractivity contribution in [2.75, 3.05) is 59.7 Å². The highest BCUT2D eigenvalue weighted by Crippen LogP contribution is 2.21. The minimum Gasteiger partial charge on any atom is -0.383 e. The third-order valence-corrected chi connectivity index (χ3v) is 4.95. The Kier molecular flexibility index (Phi) is 7.19. The first-order chi connectivity index (χ1) is 13.2. The number of hydrogen-bond acceptors (Lipinski definition) is 6. The highest BCUT2D eigenvalue weighted by Gasteiger charge is 2.27. The van der Waals surface area contributed by atoms with Gasteiger partial charge >= 0.3 is 0 Å². The van der Waals surface area contributed by atoms with Crippen LogP contribution in [0.1, 0.15) is 39.6 Å². The Morgan fingerprint density at radius 1 is 1.11 bits per heavy atom. The van der Waals surface area contributed by atoms with Crippen LogP contribution in [-0.4, -0.2) is 85.9 Å². The minimum absolute atomic E-state index is 0.220. The largest absolute Gasteiger partial charge is 0.383 e. The van der Waals surface area contributed by atoms with Crippen LogP contribution >= 0.6 is 0 Å². The van der Waals surface area contributed by atoms with E-state index in [1.165, 1.54) is 0 Å². The maximum absolute atomic E-state index is 12.7. The fourth-order valence-corrected chi connectivity index (χ4v) is 3.48. The van der Waals surface area contributed by atoms with E-state index in [1.54, 1.807) is 7.11 Å². The number of methoxy groups -OCH3 is 1. The van der Waals surface area contributed by atoms with Crippen molar-refractivity contribution in [3.05, 3.63) is 17.2 Å². The van der Waals surface area contributed by atoms with Crippen molar-refractivity contribution < 1.29 is 19.1 Å². The van der Waals surface area contributed by atoms with Gasteiger partial charge in [-0.15, -0.1) is 0 Å². The number of aromatic nitrogens is 2. The van der Waals surface area contributed by atoms with E-state index in [0.717, 1.165) is 64.3 Å². The summed E-state index contributed by atoms with van der Waals surface area (Å²) in [5.41, 5.74) is 1.22. The minimum atomic E-state index is -0.245. The number of amides is 2. The molecule has 1 saturated heterocycles. The van der Waals surface area contributed by atoms with E-state index in [0.29, 0.717) is 31.2 Å². The zero-order valence-corrected chi connectivity index (χ0v) is 16.0. The zero-order chi connectivity index (χ0) is 19.1. The van der Waals surface area contributed by atoms with E-state index in [1.807, 2.05) is 4.57 Å². The van der Waals surface area contributed by atoms with Crippen LogP contribution in [-0.2, 0) is 22.4 Å². The summed E-state index contributed by atoms with van der Waals surface area (Å²) in [4.78, 5) is 31.8. The first-order valence-corrected chi connectivity index (χ1v) is 9.65. The average Bonchev–Trinajstić information content (AvgIpc) is 3.09. The van der Waals surface area contributed by atoms with Crippen LogP contribution in [0.25, 0.3) is 0 Å². The predicted octanol–water partition coefficient (Wildman–Crippen LogP) is -0.342. The lowest BCUT2D eigenvalue weighted by Crippen LogP contribution is -2.41. The van der Waals surface area contributed by atoms with Gasteiger partial charge in [0.25, 0.3) is 11.8 Å². The van der Waals surface area contributed by atoms with Gasteiger partial charge in [-0.05, 0) is 19.3 Å². The summed E-state index contributed by atoms with van der Waals surface area (Å²) in [5, 5.41) is 5.74.